The van der Waals surface area contributed by atoms with Gasteiger partial charge in [-0.15, -0.1) is 10.2 Å². The van der Waals surface area contributed by atoms with E-state index in [1.807, 2.05) is 31.7 Å². The molecule has 2 bridgehead atoms. The molecule has 1 aromatic rings. The summed E-state index contributed by atoms with van der Waals surface area (Å²) in [5.74, 6) is 0.982. The van der Waals surface area contributed by atoms with Crippen molar-refractivity contribution < 1.29 is 9.53 Å². The lowest BCUT2D eigenvalue weighted by Gasteiger charge is -2.45. The van der Waals surface area contributed by atoms with Gasteiger partial charge in [0.1, 0.15) is 5.60 Å². The summed E-state index contributed by atoms with van der Waals surface area (Å²) in [6.45, 7) is 6.77. The van der Waals surface area contributed by atoms with Crippen LogP contribution in [0.25, 0.3) is 0 Å². The number of halogens is 1. The highest BCUT2D eigenvalue weighted by molar-refractivity contribution is 6.29. The minimum Gasteiger partial charge on any atom is -0.444 e. The van der Waals surface area contributed by atoms with Crippen molar-refractivity contribution in [3.8, 4) is 0 Å². The molecule has 4 heterocycles. The molecular formula is C19H27ClN4O2. The van der Waals surface area contributed by atoms with Gasteiger partial charge in [-0.2, -0.15) is 0 Å². The average molecular weight is 379 g/mol. The largest absolute Gasteiger partial charge is 0.444 e. The lowest BCUT2D eigenvalue weighted by atomic mass is 9.94. The molecule has 3 aliphatic rings. The van der Waals surface area contributed by atoms with Crippen molar-refractivity contribution in [2.24, 2.45) is 0 Å². The summed E-state index contributed by atoms with van der Waals surface area (Å²) in [7, 11) is 0. The van der Waals surface area contributed by atoms with Crippen molar-refractivity contribution in [2.45, 2.75) is 83.0 Å². The number of hydrogen-bond acceptors (Lipinski definition) is 5. The predicted molar refractivity (Wildman–Crippen MR) is 101 cm³/mol. The van der Waals surface area contributed by atoms with Gasteiger partial charge in [0.05, 0.1) is 0 Å². The number of fused-ring (bicyclic) bond motifs is 3. The molecule has 0 saturated carbocycles. The number of hydrogen-bond donors (Lipinski definition) is 0. The lowest BCUT2D eigenvalue weighted by molar-refractivity contribution is 0.00576. The molecule has 0 spiro atoms. The maximum atomic E-state index is 12.6. The molecule has 2 fully saturated rings. The van der Waals surface area contributed by atoms with Crippen LogP contribution in [0.2, 0.25) is 5.15 Å². The summed E-state index contributed by atoms with van der Waals surface area (Å²) >= 11 is 6.02. The fourth-order valence-electron chi connectivity index (χ4n) is 4.74. The van der Waals surface area contributed by atoms with Crippen molar-refractivity contribution >= 4 is 23.5 Å². The van der Waals surface area contributed by atoms with Crippen molar-refractivity contribution in [3.63, 3.8) is 0 Å². The highest BCUT2D eigenvalue weighted by Crippen LogP contribution is 2.40. The summed E-state index contributed by atoms with van der Waals surface area (Å²) in [6.07, 6.45) is 6.02. The Kier molecular flexibility index (Phi) is 4.49. The predicted octanol–water partition coefficient (Wildman–Crippen LogP) is 3.81. The first kappa shape index (κ1) is 17.8. The van der Waals surface area contributed by atoms with Gasteiger partial charge in [-0.05, 0) is 70.9 Å². The Balaban J connectivity index is 1.51. The normalized spacial score (nSPS) is 28.1. The fraction of sp³-hybridized carbons (Fsp3) is 0.737. The van der Waals surface area contributed by atoms with Crippen LogP contribution in [0.3, 0.4) is 0 Å². The van der Waals surface area contributed by atoms with Gasteiger partial charge < -0.3 is 14.5 Å². The van der Waals surface area contributed by atoms with E-state index in [4.69, 9.17) is 16.3 Å². The zero-order valence-corrected chi connectivity index (χ0v) is 16.5. The number of nitrogens with zero attached hydrogens (tertiary/aromatic N) is 4. The molecule has 142 valence electrons. The molecule has 2 atom stereocenters. The Bertz CT molecular complexity index is 691. The molecule has 3 aliphatic heterocycles. The number of aromatic nitrogens is 2. The van der Waals surface area contributed by atoms with Gasteiger partial charge in [-0.3, -0.25) is 0 Å². The van der Waals surface area contributed by atoms with E-state index < -0.39 is 5.60 Å². The molecule has 6 nitrogen and oxygen atoms in total. The van der Waals surface area contributed by atoms with Gasteiger partial charge in [0, 0.05) is 24.7 Å². The maximum absolute atomic E-state index is 12.6. The average Bonchev–Trinajstić information content (AvgIpc) is 2.83. The van der Waals surface area contributed by atoms with Crippen molar-refractivity contribution in [1.82, 2.24) is 15.1 Å². The monoisotopic (exact) mass is 378 g/mol. The topological polar surface area (TPSA) is 58.6 Å². The standard InChI is InChI=1S/C19H27ClN4O2/c1-19(2,3)26-18(25)24-13-6-7-14(24)11-15(10-13)23-8-4-5-12-9-16(20)21-22-17(12)23/h9,13-15H,4-8,10-11H2,1-3H3/t13-,14-/m0/s1. The van der Waals surface area contributed by atoms with Crippen LogP contribution in [0.5, 0.6) is 0 Å². The molecule has 1 aromatic heterocycles. The van der Waals surface area contributed by atoms with Crippen LogP contribution in [-0.2, 0) is 11.2 Å². The van der Waals surface area contributed by atoms with Gasteiger partial charge in [-0.1, -0.05) is 11.6 Å². The smallest absolute Gasteiger partial charge is 0.410 e. The van der Waals surface area contributed by atoms with Gasteiger partial charge in [0.2, 0.25) is 0 Å². The maximum Gasteiger partial charge on any atom is 0.410 e. The number of aryl methyl sites for hydroxylation is 1. The van der Waals surface area contributed by atoms with E-state index in [2.05, 4.69) is 15.1 Å². The van der Waals surface area contributed by atoms with Crippen LogP contribution >= 0.6 is 11.6 Å². The molecule has 0 radical (unpaired) electrons. The SMILES string of the molecule is CC(C)(C)OC(=O)N1[C@H]2CC[C@H]1CC(N1CCCc3cc(Cl)nnc31)C2. The number of amides is 1. The molecule has 0 aliphatic carbocycles. The minimum absolute atomic E-state index is 0.158. The number of carbonyl (C=O) groups is 1. The van der Waals surface area contributed by atoms with Crippen LogP contribution in [0, 0.1) is 0 Å². The summed E-state index contributed by atoms with van der Waals surface area (Å²) in [5, 5.41) is 8.91. The minimum atomic E-state index is -0.450. The van der Waals surface area contributed by atoms with Crippen molar-refractivity contribution in [2.75, 3.05) is 11.4 Å². The second-order valence-electron chi connectivity index (χ2n) is 8.71. The van der Waals surface area contributed by atoms with Crippen LogP contribution in [0.15, 0.2) is 6.07 Å². The quantitative estimate of drug-likeness (QED) is 0.743. The number of ether oxygens (including phenoxy) is 1. The molecule has 26 heavy (non-hydrogen) atoms. The first-order chi connectivity index (χ1) is 12.3. The van der Waals surface area contributed by atoms with E-state index in [1.165, 1.54) is 5.56 Å². The Morgan fingerprint density at radius 1 is 1.19 bits per heavy atom. The van der Waals surface area contributed by atoms with Gasteiger partial charge >= 0.3 is 6.09 Å². The van der Waals surface area contributed by atoms with Crippen molar-refractivity contribution in [3.05, 3.63) is 16.8 Å². The fourth-order valence-corrected chi connectivity index (χ4v) is 4.91. The number of piperidine rings is 1. The summed E-state index contributed by atoms with van der Waals surface area (Å²) in [5.41, 5.74) is 0.742. The van der Waals surface area contributed by atoms with Crippen LogP contribution in [-0.4, -0.2) is 51.5 Å². The first-order valence-corrected chi connectivity index (χ1v) is 9.99. The number of anilines is 1. The van der Waals surface area contributed by atoms with Gasteiger partial charge in [0.25, 0.3) is 0 Å². The Morgan fingerprint density at radius 2 is 1.88 bits per heavy atom. The second kappa shape index (κ2) is 6.55. The van der Waals surface area contributed by atoms with E-state index in [0.717, 1.165) is 50.9 Å². The third-order valence-electron chi connectivity index (χ3n) is 5.69. The third kappa shape index (κ3) is 3.36. The van der Waals surface area contributed by atoms with E-state index in [9.17, 15) is 4.79 Å². The highest BCUT2D eigenvalue weighted by Gasteiger charge is 2.46. The number of carbonyl (C=O) groups excluding carboxylic acids is 1. The molecule has 2 saturated heterocycles. The Hall–Kier alpha value is -1.56. The van der Waals surface area contributed by atoms with Crippen LogP contribution in [0.4, 0.5) is 10.6 Å². The van der Waals surface area contributed by atoms with Crippen molar-refractivity contribution in [1.29, 1.82) is 0 Å². The third-order valence-corrected chi connectivity index (χ3v) is 5.88. The molecule has 0 unspecified atom stereocenters. The van der Waals surface area contributed by atoms with E-state index in [0.29, 0.717) is 11.2 Å². The molecule has 1 amide bonds. The summed E-state index contributed by atoms with van der Waals surface area (Å²) in [4.78, 5) is 17.0. The van der Waals surface area contributed by atoms with E-state index in [-0.39, 0.29) is 18.2 Å². The molecule has 0 aromatic carbocycles. The first-order valence-electron chi connectivity index (χ1n) is 9.62. The molecule has 0 N–H and O–H groups in total. The molecule has 7 heteroatoms. The summed E-state index contributed by atoms with van der Waals surface area (Å²) < 4.78 is 5.64. The zero-order valence-electron chi connectivity index (χ0n) is 15.7. The van der Waals surface area contributed by atoms with E-state index >= 15 is 0 Å². The molecule has 4 rings (SSSR count). The van der Waals surface area contributed by atoms with Gasteiger partial charge in [0.15, 0.2) is 11.0 Å². The summed E-state index contributed by atoms with van der Waals surface area (Å²) in [6, 6.07) is 2.87. The Morgan fingerprint density at radius 3 is 2.54 bits per heavy atom. The van der Waals surface area contributed by atoms with Crippen LogP contribution in [0.1, 0.15) is 58.4 Å². The Labute approximate surface area is 159 Å². The highest BCUT2D eigenvalue weighted by atomic mass is 35.5. The lowest BCUT2D eigenvalue weighted by Crippen LogP contribution is -2.54. The zero-order chi connectivity index (χ0) is 18.5. The number of rotatable bonds is 1. The van der Waals surface area contributed by atoms with Gasteiger partial charge in [-0.25, -0.2) is 4.79 Å². The second-order valence-corrected chi connectivity index (χ2v) is 9.10. The van der Waals surface area contributed by atoms with E-state index in [1.54, 1.807) is 0 Å². The molecular weight excluding hydrogens is 352 g/mol. The van der Waals surface area contributed by atoms with Crippen LogP contribution < -0.4 is 4.90 Å².